The molecule has 2 aromatic carbocycles. The number of carbonyl (C=O) groups excluding carboxylic acids is 2. The number of benzene rings is 2. The topological polar surface area (TPSA) is 66.8 Å². The summed E-state index contributed by atoms with van der Waals surface area (Å²) in [6.45, 7) is 4.34. The lowest BCUT2D eigenvalue weighted by atomic mass is 9.93. The molecule has 5 nitrogen and oxygen atoms in total. The number of nitrogens with zero attached hydrogens (tertiary/aromatic N) is 1. The molecule has 32 heavy (non-hydrogen) atoms. The number of halogens is 1. The Balaban J connectivity index is 1.86. The van der Waals surface area contributed by atoms with Gasteiger partial charge < -0.3 is 14.7 Å². The molecule has 1 unspecified atom stereocenters. The van der Waals surface area contributed by atoms with Crippen LogP contribution in [0.4, 0.5) is 0 Å². The molecule has 1 aliphatic carbocycles. The van der Waals surface area contributed by atoms with Crippen molar-refractivity contribution in [2.75, 3.05) is 6.61 Å². The van der Waals surface area contributed by atoms with E-state index in [2.05, 4.69) is 6.92 Å². The van der Waals surface area contributed by atoms with Crippen LogP contribution in [0.25, 0.3) is 5.76 Å². The Morgan fingerprint density at radius 1 is 1.09 bits per heavy atom. The van der Waals surface area contributed by atoms with E-state index in [0.29, 0.717) is 22.9 Å². The largest absolute Gasteiger partial charge is 0.507 e. The third-order valence-corrected chi connectivity index (χ3v) is 6.72. The first-order chi connectivity index (χ1) is 15.5. The molecule has 1 aliphatic heterocycles. The average molecular weight is 454 g/mol. The average Bonchev–Trinajstić information content (AvgIpc) is 3.42. The molecule has 4 rings (SSSR count). The predicted molar refractivity (Wildman–Crippen MR) is 125 cm³/mol. The number of aliphatic hydroxyl groups is 1. The van der Waals surface area contributed by atoms with Gasteiger partial charge in [-0.05, 0) is 55.5 Å². The smallest absolute Gasteiger partial charge is 0.295 e. The Labute approximate surface area is 193 Å². The lowest BCUT2D eigenvalue weighted by molar-refractivity contribution is -0.141. The van der Waals surface area contributed by atoms with Crippen molar-refractivity contribution in [2.45, 2.75) is 58.0 Å². The molecule has 0 spiro atoms. The molecular formula is C26H28ClNO4. The first-order valence-electron chi connectivity index (χ1n) is 11.3. The zero-order valence-electron chi connectivity index (χ0n) is 18.4. The summed E-state index contributed by atoms with van der Waals surface area (Å²) in [5.41, 5.74) is 2.52. The van der Waals surface area contributed by atoms with Crippen molar-refractivity contribution in [1.82, 2.24) is 4.90 Å². The molecule has 1 heterocycles. The number of Topliss-reactive ketones (excluding diaryl/α,β-unsaturated/α-hetero) is 1. The van der Waals surface area contributed by atoms with Crippen LogP contribution < -0.4 is 4.74 Å². The van der Waals surface area contributed by atoms with Crippen LogP contribution in [0.3, 0.4) is 0 Å². The van der Waals surface area contributed by atoms with Crippen molar-refractivity contribution in [2.24, 2.45) is 0 Å². The Morgan fingerprint density at radius 2 is 1.78 bits per heavy atom. The highest BCUT2D eigenvalue weighted by Gasteiger charge is 2.49. The van der Waals surface area contributed by atoms with E-state index in [0.717, 1.165) is 37.7 Å². The van der Waals surface area contributed by atoms with E-state index in [-0.39, 0.29) is 17.4 Å². The molecule has 6 heteroatoms. The number of likely N-dealkylation sites (tertiary alicyclic amines) is 1. The third-order valence-electron chi connectivity index (χ3n) is 6.41. The highest BCUT2D eigenvalue weighted by Crippen LogP contribution is 2.44. The van der Waals surface area contributed by atoms with Gasteiger partial charge in [0.05, 0.1) is 23.2 Å². The molecule has 1 atom stereocenters. The lowest BCUT2D eigenvalue weighted by Gasteiger charge is -2.30. The minimum Gasteiger partial charge on any atom is -0.507 e. The number of carbonyl (C=O) groups is 2. The first kappa shape index (κ1) is 22.4. The summed E-state index contributed by atoms with van der Waals surface area (Å²) in [6.07, 6.45) is 4.69. The van der Waals surface area contributed by atoms with Crippen molar-refractivity contribution in [3.63, 3.8) is 0 Å². The van der Waals surface area contributed by atoms with E-state index < -0.39 is 17.7 Å². The zero-order chi connectivity index (χ0) is 22.8. The maximum atomic E-state index is 13.2. The van der Waals surface area contributed by atoms with E-state index >= 15 is 0 Å². The van der Waals surface area contributed by atoms with Crippen LogP contribution >= 0.6 is 11.6 Å². The second kappa shape index (κ2) is 9.37. The summed E-state index contributed by atoms with van der Waals surface area (Å²) < 4.78 is 5.55. The van der Waals surface area contributed by atoms with Crippen LogP contribution in [0.5, 0.6) is 5.75 Å². The molecular weight excluding hydrogens is 426 g/mol. The van der Waals surface area contributed by atoms with Gasteiger partial charge in [0.1, 0.15) is 11.5 Å². The Bertz CT molecular complexity index is 1050. The number of rotatable bonds is 6. The van der Waals surface area contributed by atoms with Gasteiger partial charge in [-0.15, -0.1) is 0 Å². The van der Waals surface area contributed by atoms with Crippen molar-refractivity contribution >= 4 is 29.1 Å². The van der Waals surface area contributed by atoms with Crippen LogP contribution in [0, 0.1) is 0 Å². The second-order valence-corrected chi connectivity index (χ2v) is 8.73. The molecule has 0 bridgehead atoms. The van der Waals surface area contributed by atoms with Crippen LogP contribution in [0.15, 0.2) is 48.0 Å². The van der Waals surface area contributed by atoms with Crippen LogP contribution in [-0.4, -0.2) is 34.3 Å². The molecule has 0 aromatic heterocycles. The number of aryl methyl sites for hydroxylation is 1. The SMILES string of the molecule is CCOc1cc(/C(O)=C2/C(=O)C(=O)N(C3CCCC3)C2c2ccc(CC)cc2)ccc1Cl. The summed E-state index contributed by atoms with van der Waals surface area (Å²) in [5.74, 6) is -0.966. The molecule has 0 radical (unpaired) electrons. The van der Waals surface area contributed by atoms with Gasteiger partial charge >= 0.3 is 0 Å². The van der Waals surface area contributed by atoms with E-state index in [4.69, 9.17) is 16.3 Å². The molecule has 2 aromatic rings. The fourth-order valence-electron chi connectivity index (χ4n) is 4.74. The lowest BCUT2D eigenvalue weighted by Crippen LogP contribution is -2.37. The minimum absolute atomic E-state index is 0.00296. The van der Waals surface area contributed by atoms with Gasteiger partial charge in [-0.2, -0.15) is 0 Å². The third kappa shape index (κ3) is 4.02. The first-order valence-corrected chi connectivity index (χ1v) is 11.7. The van der Waals surface area contributed by atoms with Crippen LogP contribution in [0.1, 0.15) is 62.3 Å². The molecule has 1 saturated heterocycles. The fourth-order valence-corrected chi connectivity index (χ4v) is 4.92. The Hall–Kier alpha value is -2.79. The van der Waals surface area contributed by atoms with E-state index in [1.54, 1.807) is 23.1 Å². The predicted octanol–water partition coefficient (Wildman–Crippen LogP) is 5.67. The Morgan fingerprint density at radius 3 is 2.41 bits per heavy atom. The summed E-state index contributed by atoms with van der Waals surface area (Å²) in [7, 11) is 0. The summed E-state index contributed by atoms with van der Waals surface area (Å²) in [4.78, 5) is 28.1. The number of hydrogen-bond donors (Lipinski definition) is 1. The van der Waals surface area contributed by atoms with Crippen molar-refractivity contribution < 1.29 is 19.4 Å². The van der Waals surface area contributed by atoms with Gasteiger partial charge in [-0.1, -0.05) is 55.6 Å². The van der Waals surface area contributed by atoms with Gasteiger partial charge in [0.25, 0.3) is 11.7 Å². The molecule has 168 valence electrons. The number of ketones is 1. The molecule has 1 saturated carbocycles. The quantitative estimate of drug-likeness (QED) is 0.348. The zero-order valence-corrected chi connectivity index (χ0v) is 19.2. The number of ether oxygens (including phenoxy) is 1. The second-order valence-electron chi connectivity index (χ2n) is 8.32. The van der Waals surface area contributed by atoms with Gasteiger partial charge in [0.15, 0.2) is 0 Å². The van der Waals surface area contributed by atoms with E-state index in [1.807, 2.05) is 31.2 Å². The van der Waals surface area contributed by atoms with Crippen molar-refractivity contribution in [1.29, 1.82) is 0 Å². The number of amides is 1. The summed E-state index contributed by atoms with van der Waals surface area (Å²) in [6, 6.07) is 12.2. The maximum absolute atomic E-state index is 13.2. The molecule has 1 N–H and O–H groups in total. The number of aliphatic hydroxyl groups excluding tert-OH is 1. The highest BCUT2D eigenvalue weighted by atomic mass is 35.5. The summed E-state index contributed by atoms with van der Waals surface area (Å²) in [5, 5.41) is 11.7. The molecule has 1 amide bonds. The summed E-state index contributed by atoms with van der Waals surface area (Å²) >= 11 is 6.20. The Kier molecular flexibility index (Phi) is 6.56. The normalized spacial score (nSPS) is 20.8. The standard InChI is InChI=1S/C26H28ClNO4/c1-3-16-9-11-17(12-10-16)23-22(25(30)26(31)28(23)19-7-5-6-8-19)24(29)18-13-14-20(27)21(15-18)32-4-2/h9-15,19,23,29H,3-8H2,1-2H3/b24-22-. The molecule has 2 fully saturated rings. The van der Waals surface area contributed by atoms with Crippen molar-refractivity contribution in [3.8, 4) is 5.75 Å². The van der Waals surface area contributed by atoms with E-state index in [1.165, 1.54) is 5.56 Å². The van der Waals surface area contributed by atoms with Crippen molar-refractivity contribution in [3.05, 3.63) is 69.8 Å². The minimum atomic E-state index is -0.646. The monoisotopic (exact) mass is 453 g/mol. The van der Waals surface area contributed by atoms with Gasteiger partial charge in [0, 0.05) is 11.6 Å². The molecule has 2 aliphatic rings. The van der Waals surface area contributed by atoms with Gasteiger partial charge in [-0.25, -0.2) is 0 Å². The maximum Gasteiger partial charge on any atom is 0.295 e. The number of hydrogen-bond acceptors (Lipinski definition) is 4. The van der Waals surface area contributed by atoms with Crippen LogP contribution in [-0.2, 0) is 16.0 Å². The van der Waals surface area contributed by atoms with Gasteiger partial charge in [0.2, 0.25) is 0 Å². The van der Waals surface area contributed by atoms with Crippen LogP contribution in [0.2, 0.25) is 5.02 Å². The van der Waals surface area contributed by atoms with E-state index in [9.17, 15) is 14.7 Å². The fraction of sp³-hybridized carbons (Fsp3) is 0.385. The highest BCUT2D eigenvalue weighted by molar-refractivity contribution is 6.46. The van der Waals surface area contributed by atoms with Gasteiger partial charge in [-0.3, -0.25) is 9.59 Å².